The maximum Gasteiger partial charge on any atom is 0.423 e. The molecule has 1 fully saturated rings. The van der Waals surface area contributed by atoms with Gasteiger partial charge in [-0.05, 0) is 6.42 Å². The third-order valence-corrected chi connectivity index (χ3v) is 2.07. The second kappa shape index (κ2) is 2.63. The van der Waals surface area contributed by atoms with Crippen molar-refractivity contribution in [3.05, 3.63) is 0 Å². The largest absolute Gasteiger partial charge is 0.507 e. The van der Waals surface area contributed by atoms with Crippen LogP contribution in [0.2, 0.25) is 5.28 Å². The Morgan fingerprint density at radius 3 is 2.50 bits per heavy atom. The highest BCUT2D eigenvalue weighted by Crippen LogP contribution is 2.01. The first kappa shape index (κ1) is 4.65. The standard InChI is InChI=1S/C4H8O.Al/c1-2-3-4-5;/h1-4H2;/q-1;+1. The summed E-state index contributed by atoms with van der Waals surface area (Å²) >= 11 is 0.405. The summed E-state index contributed by atoms with van der Waals surface area (Å²) in [7, 11) is 0. The van der Waals surface area contributed by atoms with E-state index in [4.69, 9.17) is 3.79 Å². The molecule has 1 radical (unpaired) electrons. The maximum absolute atomic E-state index is 5.15. The first-order valence-electron chi connectivity index (χ1n) is 2.43. The van der Waals surface area contributed by atoms with E-state index in [1.807, 2.05) is 0 Å². The lowest BCUT2D eigenvalue weighted by molar-refractivity contribution is 0.304. The van der Waals surface area contributed by atoms with Gasteiger partial charge in [0, 0.05) is 6.61 Å². The van der Waals surface area contributed by atoms with Crippen molar-refractivity contribution >= 4 is 15.6 Å². The Morgan fingerprint density at radius 2 is 2.33 bits per heavy atom. The van der Waals surface area contributed by atoms with Crippen LogP contribution in [0.1, 0.15) is 12.8 Å². The molecule has 0 saturated carbocycles. The molecule has 1 saturated heterocycles. The quantitative estimate of drug-likeness (QED) is 0.409. The van der Waals surface area contributed by atoms with Crippen molar-refractivity contribution in [2.45, 2.75) is 18.1 Å². The Labute approximate surface area is 44.7 Å². The molecule has 1 heterocycles. The van der Waals surface area contributed by atoms with Gasteiger partial charge in [0.2, 0.25) is 0 Å². The third kappa shape index (κ3) is 1.30. The number of hydrogen-bond donors (Lipinski definition) is 0. The van der Waals surface area contributed by atoms with Crippen LogP contribution >= 0.6 is 0 Å². The summed E-state index contributed by atoms with van der Waals surface area (Å²) in [6, 6.07) is 0. The van der Waals surface area contributed by atoms with E-state index in [0.29, 0.717) is 15.6 Å². The molecule has 0 spiro atoms. The molecule has 6 heavy (non-hydrogen) atoms. The predicted octanol–water partition coefficient (Wildman–Crippen LogP) is 0.834. The lowest BCUT2D eigenvalue weighted by Gasteiger charge is -2.07. The zero-order chi connectivity index (χ0) is 4.24. The second-order valence-electron chi connectivity index (χ2n) is 1.53. The van der Waals surface area contributed by atoms with E-state index in [1.165, 1.54) is 18.1 Å². The fourth-order valence-electron chi connectivity index (χ4n) is 0.580. The lowest BCUT2D eigenvalue weighted by atomic mass is 10.4. The van der Waals surface area contributed by atoms with Crippen LogP contribution in [0.15, 0.2) is 0 Å². The lowest BCUT2D eigenvalue weighted by Crippen LogP contribution is -2.06. The molecule has 0 aromatic rings. The molecule has 1 rings (SSSR count). The van der Waals surface area contributed by atoms with Crippen molar-refractivity contribution in [3.63, 3.8) is 0 Å². The molecule has 33 valence electrons. The Bertz CT molecular complexity index is 23.0. The minimum absolute atomic E-state index is 0.405. The summed E-state index contributed by atoms with van der Waals surface area (Å²) in [4.78, 5) is 0. The summed E-state index contributed by atoms with van der Waals surface area (Å²) in [5, 5.41) is 1.36. The zero-order valence-corrected chi connectivity index (χ0v) is 4.97. The van der Waals surface area contributed by atoms with Crippen molar-refractivity contribution in [1.82, 2.24) is 0 Å². The van der Waals surface area contributed by atoms with Crippen LogP contribution in [0.4, 0.5) is 0 Å². The molecule has 0 N–H and O–H groups in total. The smallest absolute Gasteiger partial charge is 0.423 e. The highest BCUT2D eigenvalue weighted by atomic mass is 27.1. The Kier molecular flexibility index (Phi) is 2.04. The van der Waals surface area contributed by atoms with E-state index in [2.05, 4.69) is 0 Å². The van der Waals surface area contributed by atoms with Crippen LogP contribution in [-0.2, 0) is 3.79 Å². The molecular weight excluding hydrogens is 91.0 g/mol. The van der Waals surface area contributed by atoms with Crippen molar-refractivity contribution < 1.29 is 3.79 Å². The first-order valence-corrected chi connectivity index (χ1v) is 3.72. The summed E-state index contributed by atoms with van der Waals surface area (Å²) in [5.41, 5.74) is 0. The van der Waals surface area contributed by atoms with Gasteiger partial charge in [0.1, 0.15) is 0 Å². The maximum atomic E-state index is 5.15. The molecule has 1 nitrogen and oxygen atoms in total. The Morgan fingerprint density at radius 1 is 1.33 bits per heavy atom. The van der Waals surface area contributed by atoms with E-state index >= 15 is 0 Å². The van der Waals surface area contributed by atoms with E-state index in [9.17, 15) is 0 Å². The van der Waals surface area contributed by atoms with Crippen LogP contribution in [0, 0.1) is 0 Å². The van der Waals surface area contributed by atoms with Crippen molar-refractivity contribution in [2.24, 2.45) is 0 Å². The monoisotopic (exact) mass is 99.0 g/mol. The summed E-state index contributed by atoms with van der Waals surface area (Å²) in [5.74, 6) is 0. The van der Waals surface area contributed by atoms with Gasteiger partial charge >= 0.3 is 15.6 Å². The SMILES string of the molecule is C1C[CH2][Al][O]C1. The van der Waals surface area contributed by atoms with Crippen molar-refractivity contribution in [2.75, 3.05) is 6.61 Å². The highest BCUT2D eigenvalue weighted by Gasteiger charge is 1.99. The average Bonchev–Trinajstić information content (AvgIpc) is 1.72. The molecule has 0 unspecified atom stereocenters. The summed E-state index contributed by atoms with van der Waals surface area (Å²) in [6.07, 6.45) is 2.71. The molecule has 0 atom stereocenters. The summed E-state index contributed by atoms with van der Waals surface area (Å²) < 4.78 is 5.15. The fraction of sp³-hybridized carbons (Fsp3) is 1.00. The highest BCUT2D eigenvalue weighted by molar-refractivity contribution is 6.27. The number of rotatable bonds is 0. The minimum Gasteiger partial charge on any atom is -0.507 e. The van der Waals surface area contributed by atoms with Gasteiger partial charge in [0.15, 0.2) is 0 Å². The van der Waals surface area contributed by atoms with Gasteiger partial charge in [-0.25, -0.2) is 0 Å². The van der Waals surface area contributed by atoms with Gasteiger partial charge in [0.25, 0.3) is 0 Å². The fourth-order valence-corrected chi connectivity index (χ4v) is 1.54. The van der Waals surface area contributed by atoms with E-state index < -0.39 is 0 Å². The van der Waals surface area contributed by atoms with Crippen molar-refractivity contribution in [3.8, 4) is 0 Å². The van der Waals surface area contributed by atoms with Gasteiger partial charge in [-0.15, -0.1) is 0 Å². The third-order valence-electron chi connectivity index (χ3n) is 0.952. The topological polar surface area (TPSA) is 9.23 Å². The van der Waals surface area contributed by atoms with Gasteiger partial charge < -0.3 is 3.79 Å². The van der Waals surface area contributed by atoms with Crippen LogP contribution < -0.4 is 0 Å². The molecule has 1 aliphatic rings. The predicted molar refractivity (Wildman–Crippen MR) is 25.7 cm³/mol. The van der Waals surface area contributed by atoms with Crippen LogP contribution in [0.3, 0.4) is 0 Å². The van der Waals surface area contributed by atoms with E-state index in [0.717, 1.165) is 6.61 Å². The molecule has 2 heteroatoms. The van der Waals surface area contributed by atoms with E-state index in [1.54, 1.807) is 0 Å². The minimum atomic E-state index is 0.405. The van der Waals surface area contributed by atoms with Gasteiger partial charge in [-0.2, -0.15) is 0 Å². The Balaban J connectivity index is 2.00. The van der Waals surface area contributed by atoms with E-state index in [-0.39, 0.29) is 0 Å². The first-order chi connectivity index (χ1) is 3.00. The molecule has 0 aliphatic carbocycles. The number of hydrogen-bond acceptors (Lipinski definition) is 1. The Hall–Kier alpha value is 0.492. The molecule has 0 aromatic carbocycles. The average molecular weight is 99.1 g/mol. The van der Waals surface area contributed by atoms with Crippen LogP contribution in [0.25, 0.3) is 0 Å². The van der Waals surface area contributed by atoms with Crippen LogP contribution in [-0.4, -0.2) is 22.2 Å². The van der Waals surface area contributed by atoms with Crippen molar-refractivity contribution in [1.29, 1.82) is 0 Å². The van der Waals surface area contributed by atoms with Gasteiger partial charge in [0.05, 0.1) is 0 Å². The molecule has 0 amide bonds. The second-order valence-corrected chi connectivity index (χ2v) is 2.78. The molecule has 0 bridgehead atoms. The molecule has 0 aromatic heterocycles. The summed E-state index contributed by atoms with van der Waals surface area (Å²) in [6.45, 7) is 1.04. The van der Waals surface area contributed by atoms with Gasteiger partial charge in [-0.1, -0.05) is 11.7 Å². The zero-order valence-electron chi connectivity index (χ0n) is 3.81. The molecular formula is C4H8AlO. The van der Waals surface area contributed by atoms with Crippen LogP contribution in [0.5, 0.6) is 0 Å². The normalized spacial score (nSPS) is 22.7. The van der Waals surface area contributed by atoms with Gasteiger partial charge in [-0.3, -0.25) is 0 Å². The molecule has 1 aliphatic heterocycles.